The average molecular weight is 333 g/mol. The zero-order valence-corrected chi connectivity index (χ0v) is 14.3. The van der Waals surface area contributed by atoms with Crippen LogP contribution in [0.1, 0.15) is 13.3 Å². The Kier molecular flexibility index (Phi) is 5.30. The minimum Gasteiger partial charge on any atom is -0.301 e. The first-order chi connectivity index (χ1) is 11.2. The van der Waals surface area contributed by atoms with E-state index in [0.29, 0.717) is 17.5 Å². The van der Waals surface area contributed by atoms with Gasteiger partial charge in [-0.2, -0.15) is 0 Å². The van der Waals surface area contributed by atoms with E-state index in [0.717, 1.165) is 45.7 Å². The molecule has 23 heavy (non-hydrogen) atoms. The maximum Gasteiger partial charge on any atom is 0.243 e. The van der Waals surface area contributed by atoms with Crippen LogP contribution in [0.5, 0.6) is 0 Å². The first-order valence-electron chi connectivity index (χ1n) is 8.28. The smallest absolute Gasteiger partial charge is 0.243 e. The van der Waals surface area contributed by atoms with Gasteiger partial charge < -0.3 is 9.80 Å². The summed E-state index contributed by atoms with van der Waals surface area (Å²) >= 11 is 5.27. The van der Waals surface area contributed by atoms with Crippen LogP contribution in [0, 0.1) is 5.92 Å². The number of hydrogen-bond acceptors (Lipinski definition) is 5. The normalized spacial score (nSPS) is 25.7. The van der Waals surface area contributed by atoms with Crippen molar-refractivity contribution >= 4 is 35.3 Å². The van der Waals surface area contributed by atoms with Gasteiger partial charge in [0, 0.05) is 38.9 Å². The summed E-state index contributed by atoms with van der Waals surface area (Å²) < 4.78 is 0. The number of aliphatic imine (C=N–C) groups is 2. The van der Waals surface area contributed by atoms with Gasteiger partial charge in [-0.3, -0.25) is 9.69 Å². The van der Waals surface area contributed by atoms with Crippen LogP contribution in [0.15, 0.2) is 22.1 Å². The fourth-order valence-corrected chi connectivity index (χ4v) is 3.42. The Bertz CT molecular complexity index is 563. The van der Waals surface area contributed by atoms with Gasteiger partial charge >= 0.3 is 0 Å². The molecule has 0 saturated carbocycles. The molecule has 0 bridgehead atoms. The molecule has 1 fully saturated rings. The van der Waals surface area contributed by atoms with Gasteiger partial charge in [0.2, 0.25) is 11.0 Å². The monoisotopic (exact) mass is 333 g/mol. The minimum absolute atomic E-state index is 0.00361. The lowest BCUT2D eigenvalue weighted by Gasteiger charge is -2.35. The van der Waals surface area contributed by atoms with E-state index in [4.69, 9.17) is 12.2 Å². The SMILES string of the molecule is CCN1CCN(CCCN2C(=O)C3C=CC=NC3=NC2=S)CC1. The van der Waals surface area contributed by atoms with Gasteiger partial charge in [0.15, 0.2) is 0 Å². The van der Waals surface area contributed by atoms with Crippen LogP contribution >= 0.6 is 12.2 Å². The molecule has 0 aliphatic carbocycles. The van der Waals surface area contributed by atoms with Crippen molar-refractivity contribution in [3.63, 3.8) is 0 Å². The maximum absolute atomic E-state index is 12.5. The van der Waals surface area contributed by atoms with Gasteiger partial charge in [0.1, 0.15) is 11.8 Å². The third-order valence-electron chi connectivity index (χ3n) is 4.62. The van der Waals surface area contributed by atoms with Gasteiger partial charge in [-0.1, -0.05) is 13.0 Å². The fourth-order valence-electron chi connectivity index (χ4n) is 3.15. The Morgan fingerprint density at radius 2 is 1.96 bits per heavy atom. The maximum atomic E-state index is 12.5. The molecule has 3 aliphatic rings. The lowest BCUT2D eigenvalue weighted by molar-refractivity contribution is -0.128. The van der Waals surface area contributed by atoms with E-state index in [1.165, 1.54) is 0 Å². The van der Waals surface area contributed by atoms with E-state index >= 15 is 0 Å². The van der Waals surface area contributed by atoms with E-state index in [1.807, 2.05) is 6.08 Å². The van der Waals surface area contributed by atoms with Crippen molar-refractivity contribution in [3.05, 3.63) is 12.2 Å². The van der Waals surface area contributed by atoms with Crippen molar-refractivity contribution in [1.29, 1.82) is 0 Å². The van der Waals surface area contributed by atoms with E-state index < -0.39 is 0 Å². The zero-order valence-electron chi connectivity index (χ0n) is 13.5. The van der Waals surface area contributed by atoms with Crippen LogP contribution in [0.4, 0.5) is 0 Å². The van der Waals surface area contributed by atoms with E-state index in [2.05, 4.69) is 26.7 Å². The van der Waals surface area contributed by atoms with Crippen molar-refractivity contribution in [2.24, 2.45) is 15.9 Å². The first kappa shape index (κ1) is 16.4. The lowest BCUT2D eigenvalue weighted by atomic mass is 10.0. The average Bonchev–Trinajstić information content (AvgIpc) is 2.58. The zero-order chi connectivity index (χ0) is 16.2. The summed E-state index contributed by atoms with van der Waals surface area (Å²) in [6.07, 6.45) is 6.20. The Hall–Kier alpha value is -1.44. The molecule has 3 rings (SSSR count). The summed E-state index contributed by atoms with van der Waals surface area (Å²) in [6.45, 7) is 9.45. The Labute approximate surface area is 142 Å². The second-order valence-electron chi connectivity index (χ2n) is 6.01. The quantitative estimate of drug-likeness (QED) is 0.698. The molecular weight excluding hydrogens is 310 g/mol. The number of nitrogens with zero attached hydrogens (tertiary/aromatic N) is 5. The second kappa shape index (κ2) is 7.42. The standard InChI is InChI=1S/C16H23N5OS/c1-2-19-9-11-20(12-10-19)7-4-8-21-15(22)13-5-3-6-17-14(13)18-16(21)23/h3,5-6,13H,2,4,7-12H2,1H3. The number of carbonyl (C=O) groups excluding carboxylic acids is 1. The number of hydrogen-bond donors (Lipinski definition) is 0. The highest BCUT2D eigenvalue weighted by molar-refractivity contribution is 7.80. The van der Waals surface area contributed by atoms with Crippen molar-refractivity contribution in [2.75, 3.05) is 45.8 Å². The fraction of sp³-hybridized carbons (Fsp3) is 0.625. The predicted molar refractivity (Wildman–Crippen MR) is 96.0 cm³/mol. The number of fused-ring (bicyclic) bond motifs is 1. The summed E-state index contributed by atoms with van der Waals surface area (Å²) in [6, 6.07) is 0. The van der Waals surface area contributed by atoms with Gasteiger partial charge in [-0.25, -0.2) is 9.98 Å². The van der Waals surface area contributed by atoms with Crippen molar-refractivity contribution in [2.45, 2.75) is 13.3 Å². The summed E-state index contributed by atoms with van der Waals surface area (Å²) in [5.74, 6) is 0.165. The largest absolute Gasteiger partial charge is 0.301 e. The van der Waals surface area contributed by atoms with Crippen LogP contribution in [0.3, 0.4) is 0 Å². The van der Waals surface area contributed by atoms with E-state index in [1.54, 1.807) is 17.2 Å². The molecule has 0 N–H and O–H groups in total. The molecule has 3 aliphatic heterocycles. The number of allylic oxidation sites excluding steroid dienone is 1. The van der Waals surface area contributed by atoms with Crippen molar-refractivity contribution in [1.82, 2.24) is 14.7 Å². The highest BCUT2D eigenvalue weighted by atomic mass is 32.1. The number of rotatable bonds is 5. The van der Waals surface area contributed by atoms with Crippen LogP contribution in [0.25, 0.3) is 0 Å². The third kappa shape index (κ3) is 3.73. The molecule has 0 aromatic rings. The molecule has 1 atom stereocenters. The van der Waals surface area contributed by atoms with Gasteiger partial charge in [0.05, 0.1) is 0 Å². The molecule has 1 unspecified atom stereocenters. The first-order valence-corrected chi connectivity index (χ1v) is 8.69. The summed E-state index contributed by atoms with van der Waals surface area (Å²) in [4.78, 5) is 27.6. The minimum atomic E-state index is -0.361. The third-order valence-corrected chi connectivity index (χ3v) is 4.93. The number of amides is 1. The highest BCUT2D eigenvalue weighted by Crippen LogP contribution is 2.19. The number of likely N-dealkylation sites (N-methyl/N-ethyl adjacent to an activating group) is 1. The lowest BCUT2D eigenvalue weighted by Crippen LogP contribution is -2.48. The molecule has 0 aromatic heterocycles. The van der Waals surface area contributed by atoms with E-state index in [9.17, 15) is 4.79 Å². The molecule has 124 valence electrons. The van der Waals surface area contributed by atoms with Gasteiger partial charge in [0.25, 0.3) is 0 Å². The molecule has 0 aromatic carbocycles. The molecular formula is C16H23N5OS. The number of thiocarbonyl (C=S) groups is 1. The van der Waals surface area contributed by atoms with Crippen LogP contribution < -0.4 is 0 Å². The van der Waals surface area contributed by atoms with E-state index in [-0.39, 0.29) is 11.8 Å². The van der Waals surface area contributed by atoms with Crippen molar-refractivity contribution in [3.8, 4) is 0 Å². The molecule has 0 radical (unpaired) electrons. The molecule has 1 saturated heterocycles. The Morgan fingerprint density at radius 1 is 1.22 bits per heavy atom. The van der Waals surface area contributed by atoms with Crippen LogP contribution in [-0.4, -0.2) is 83.6 Å². The molecule has 6 nitrogen and oxygen atoms in total. The number of amidine groups is 1. The Balaban J connectivity index is 1.50. The highest BCUT2D eigenvalue weighted by Gasteiger charge is 2.34. The van der Waals surface area contributed by atoms with Crippen molar-refractivity contribution < 1.29 is 4.79 Å². The molecule has 7 heteroatoms. The predicted octanol–water partition coefficient (Wildman–Crippen LogP) is 0.796. The summed E-state index contributed by atoms with van der Waals surface area (Å²) in [5.41, 5.74) is 0. The Morgan fingerprint density at radius 3 is 2.70 bits per heavy atom. The number of carbonyl (C=O) groups is 1. The molecule has 0 spiro atoms. The second-order valence-corrected chi connectivity index (χ2v) is 6.38. The summed E-state index contributed by atoms with van der Waals surface area (Å²) in [7, 11) is 0. The molecule has 3 heterocycles. The number of dihydropyridines is 1. The van der Waals surface area contributed by atoms with Gasteiger partial charge in [-0.15, -0.1) is 0 Å². The topological polar surface area (TPSA) is 51.5 Å². The number of piperazine rings is 1. The van der Waals surface area contributed by atoms with Crippen LogP contribution in [0.2, 0.25) is 0 Å². The van der Waals surface area contributed by atoms with Crippen LogP contribution in [-0.2, 0) is 4.79 Å². The molecule has 1 amide bonds. The summed E-state index contributed by atoms with van der Waals surface area (Å²) in [5, 5.41) is 0.351. The van der Waals surface area contributed by atoms with Gasteiger partial charge in [-0.05, 0) is 37.8 Å².